The maximum absolute atomic E-state index is 10.0. The zero-order valence-electron chi connectivity index (χ0n) is 16.0. The molecule has 0 radical (unpaired) electrons. The maximum atomic E-state index is 10.0. The second-order valence-electron chi connectivity index (χ2n) is 6.24. The molecule has 0 aromatic heterocycles. The molecule has 1 heterocycles. The highest BCUT2D eigenvalue weighted by atomic mass is 16.5. The summed E-state index contributed by atoms with van der Waals surface area (Å²) in [5.74, 6) is 1.75. The third-order valence-electron chi connectivity index (χ3n) is 4.33. The fourth-order valence-corrected chi connectivity index (χ4v) is 2.85. The van der Waals surface area contributed by atoms with Gasteiger partial charge in [0.15, 0.2) is 5.96 Å². The molecule has 7 heteroatoms. The van der Waals surface area contributed by atoms with Crippen LogP contribution in [-0.2, 0) is 11.2 Å². The SMILES string of the molecule is CCNC(=NCCCN1CCOCC1)NCCc1ccc(OC)cc1O. The Hall–Kier alpha value is -1.99. The second-order valence-corrected chi connectivity index (χ2v) is 6.24. The summed E-state index contributed by atoms with van der Waals surface area (Å²) in [5, 5.41) is 16.6. The number of hydrogen-bond donors (Lipinski definition) is 3. The van der Waals surface area contributed by atoms with Crippen LogP contribution >= 0.6 is 0 Å². The predicted octanol–water partition coefficient (Wildman–Crippen LogP) is 1.22. The summed E-state index contributed by atoms with van der Waals surface area (Å²) in [4.78, 5) is 7.06. The van der Waals surface area contributed by atoms with E-state index in [-0.39, 0.29) is 5.75 Å². The minimum Gasteiger partial charge on any atom is -0.508 e. The molecule has 146 valence electrons. The summed E-state index contributed by atoms with van der Waals surface area (Å²) >= 11 is 0. The molecule has 0 unspecified atom stereocenters. The molecule has 1 aliphatic heterocycles. The Morgan fingerprint density at radius 2 is 2.12 bits per heavy atom. The number of aliphatic imine (C=N–C) groups is 1. The van der Waals surface area contributed by atoms with Gasteiger partial charge in [-0.05, 0) is 31.4 Å². The van der Waals surface area contributed by atoms with Crippen LogP contribution < -0.4 is 15.4 Å². The minimum absolute atomic E-state index is 0.263. The molecule has 0 bridgehead atoms. The summed E-state index contributed by atoms with van der Waals surface area (Å²) in [6.07, 6.45) is 1.75. The molecule has 26 heavy (non-hydrogen) atoms. The van der Waals surface area contributed by atoms with E-state index in [1.165, 1.54) is 0 Å². The highest BCUT2D eigenvalue weighted by Crippen LogP contribution is 2.23. The lowest BCUT2D eigenvalue weighted by molar-refractivity contribution is 0.0377. The number of ether oxygens (including phenoxy) is 2. The van der Waals surface area contributed by atoms with Crippen molar-refractivity contribution >= 4 is 5.96 Å². The van der Waals surface area contributed by atoms with Crippen LogP contribution in [0.15, 0.2) is 23.2 Å². The largest absolute Gasteiger partial charge is 0.508 e. The third kappa shape index (κ3) is 7.09. The van der Waals surface area contributed by atoms with Crippen molar-refractivity contribution < 1.29 is 14.6 Å². The number of aromatic hydroxyl groups is 1. The molecule has 0 amide bonds. The average Bonchev–Trinajstić information content (AvgIpc) is 2.67. The molecule has 2 rings (SSSR count). The minimum atomic E-state index is 0.263. The number of rotatable bonds is 9. The van der Waals surface area contributed by atoms with Crippen LogP contribution in [0.4, 0.5) is 0 Å². The predicted molar refractivity (Wildman–Crippen MR) is 104 cm³/mol. The first-order valence-electron chi connectivity index (χ1n) is 9.41. The Morgan fingerprint density at radius 1 is 1.31 bits per heavy atom. The van der Waals surface area contributed by atoms with Gasteiger partial charge in [-0.15, -0.1) is 0 Å². The Bertz CT molecular complexity index is 560. The van der Waals surface area contributed by atoms with Crippen molar-refractivity contribution in [3.8, 4) is 11.5 Å². The van der Waals surface area contributed by atoms with Crippen molar-refractivity contribution in [2.75, 3.05) is 59.6 Å². The van der Waals surface area contributed by atoms with E-state index in [1.54, 1.807) is 13.2 Å². The molecule has 0 spiro atoms. The van der Waals surface area contributed by atoms with E-state index in [0.717, 1.165) is 63.9 Å². The summed E-state index contributed by atoms with van der Waals surface area (Å²) < 4.78 is 10.5. The Balaban J connectivity index is 1.72. The fourth-order valence-electron chi connectivity index (χ4n) is 2.85. The van der Waals surface area contributed by atoms with E-state index < -0.39 is 0 Å². The zero-order chi connectivity index (χ0) is 18.6. The van der Waals surface area contributed by atoms with E-state index in [1.807, 2.05) is 12.1 Å². The maximum Gasteiger partial charge on any atom is 0.191 e. The molecule has 1 aliphatic rings. The van der Waals surface area contributed by atoms with Crippen LogP contribution in [0, 0.1) is 0 Å². The van der Waals surface area contributed by atoms with Gasteiger partial charge in [0, 0.05) is 45.3 Å². The number of phenols is 1. The summed E-state index contributed by atoms with van der Waals surface area (Å²) in [6.45, 7) is 9.16. The van der Waals surface area contributed by atoms with Crippen molar-refractivity contribution in [1.29, 1.82) is 0 Å². The Morgan fingerprint density at radius 3 is 2.81 bits per heavy atom. The van der Waals surface area contributed by atoms with Crippen molar-refractivity contribution in [2.24, 2.45) is 4.99 Å². The van der Waals surface area contributed by atoms with E-state index >= 15 is 0 Å². The molecule has 1 aromatic rings. The van der Waals surface area contributed by atoms with Crippen molar-refractivity contribution in [1.82, 2.24) is 15.5 Å². The van der Waals surface area contributed by atoms with Gasteiger partial charge in [-0.3, -0.25) is 9.89 Å². The Labute approximate surface area is 156 Å². The topological polar surface area (TPSA) is 78.4 Å². The number of benzene rings is 1. The highest BCUT2D eigenvalue weighted by molar-refractivity contribution is 5.79. The lowest BCUT2D eigenvalue weighted by Gasteiger charge is -2.26. The lowest BCUT2D eigenvalue weighted by atomic mass is 10.1. The third-order valence-corrected chi connectivity index (χ3v) is 4.33. The van der Waals surface area contributed by atoms with Gasteiger partial charge in [-0.2, -0.15) is 0 Å². The second kappa shape index (κ2) is 11.6. The molecular weight excluding hydrogens is 332 g/mol. The van der Waals surface area contributed by atoms with Crippen LogP contribution in [0.25, 0.3) is 0 Å². The van der Waals surface area contributed by atoms with Gasteiger partial charge < -0.3 is 25.2 Å². The number of nitrogens with zero attached hydrogens (tertiary/aromatic N) is 2. The first kappa shape index (κ1) is 20.3. The average molecular weight is 364 g/mol. The van der Waals surface area contributed by atoms with Gasteiger partial charge in [0.2, 0.25) is 0 Å². The van der Waals surface area contributed by atoms with Crippen molar-refractivity contribution in [2.45, 2.75) is 19.8 Å². The van der Waals surface area contributed by atoms with Crippen molar-refractivity contribution in [3.63, 3.8) is 0 Å². The van der Waals surface area contributed by atoms with Gasteiger partial charge in [-0.25, -0.2) is 0 Å². The number of methoxy groups -OCH3 is 1. The number of morpholine rings is 1. The molecule has 1 saturated heterocycles. The molecular formula is C19H32N4O3. The van der Waals surface area contributed by atoms with Gasteiger partial charge in [-0.1, -0.05) is 6.07 Å². The monoisotopic (exact) mass is 364 g/mol. The lowest BCUT2D eigenvalue weighted by Crippen LogP contribution is -2.39. The van der Waals surface area contributed by atoms with Gasteiger partial charge >= 0.3 is 0 Å². The van der Waals surface area contributed by atoms with E-state index in [2.05, 4.69) is 27.4 Å². The standard InChI is InChI=1S/C19H32N4O3/c1-3-20-19(21-8-4-10-23-11-13-26-14-12-23)22-9-7-16-5-6-17(25-2)15-18(16)24/h5-6,15,24H,3-4,7-14H2,1-2H3,(H2,20,21,22). The normalized spacial score (nSPS) is 15.7. The molecule has 1 aromatic carbocycles. The smallest absolute Gasteiger partial charge is 0.191 e. The number of phenolic OH excluding ortho intramolecular Hbond substituents is 1. The van der Waals surface area contributed by atoms with Crippen LogP contribution in [0.3, 0.4) is 0 Å². The Kier molecular flexibility index (Phi) is 9.06. The molecule has 3 N–H and O–H groups in total. The number of guanidine groups is 1. The molecule has 1 fully saturated rings. The first-order chi connectivity index (χ1) is 12.7. The van der Waals surface area contributed by atoms with Crippen molar-refractivity contribution in [3.05, 3.63) is 23.8 Å². The fraction of sp³-hybridized carbons (Fsp3) is 0.632. The molecule has 0 aliphatic carbocycles. The van der Waals surface area contributed by atoms with E-state index in [0.29, 0.717) is 18.7 Å². The van der Waals surface area contributed by atoms with Crippen LogP contribution in [0.1, 0.15) is 18.9 Å². The molecule has 7 nitrogen and oxygen atoms in total. The van der Waals surface area contributed by atoms with Crippen LogP contribution in [-0.4, -0.2) is 75.6 Å². The van der Waals surface area contributed by atoms with Crippen LogP contribution in [0.5, 0.6) is 11.5 Å². The molecule has 0 saturated carbocycles. The number of hydrogen-bond acceptors (Lipinski definition) is 5. The molecule has 0 atom stereocenters. The zero-order valence-corrected chi connectivity index (χ0v) is 16.0. The van der Waals surface area contributed by atoms with E-state index in [4.69, 9.17) is 9.47 Å². The highest BCUT2D eigenvalue weighted by Gasteiger charge is 2.09. The summed E-state index contributed by atoms with van der Waals surface area (Å²) in [5.41, 5.74) is 0.890. The van der Waals surface area contributed by atoms with Gasteiger partial charge in [0.05, 0.1) is 20.3 Å². The van der Waals surface area contributed by atoms with E-state index in [9.17, 15) is 5.11 Å². The van der Waals surface area contributed by atoms with Gasteiger partial charge in [0.1, 0.15) is 11.5 Å². The first-order valence-corrected chi connectivity index (χ1v) is 9.41. The number of nitrogens with one attached hydrogen (secondary N) is 2. The summed E-state index contributed by atoms with van der Waals surface area (Å²) in [7, 11) is 1.59. The van der Waals surface area contributed by atoms with Gasteiger partial charge in [0.25, 0.3) is 0 Å². The van der Waals surface area contributed by atoms with Crippen LogP contribution in [0.2, 0.25) is 0 Å². The summed E-state index contributed by atoms with van der Waals surface area (Å²) in [6, 6.07) is 5.39. The quantitative estimate of drug-likeness (QED) is 0.347.